The Kier molecular flexibility index (Phi) is 4.84. The molecule has 0 aromatic heterocycles. The van der Waals surface area contributed by atoms with Gasteiger partial charge in [0.1, 0.15) is 9.84 Å². The summed E-state index contributed by atoms with van der Waals surface area (Å²) in [6.07, 6.45) is 4.06. The first kappa shape index (κ1) is 11.9. The standard InChI is InChI=1S/C9H19NO3S/c1-14(11,12)8-2-5-10-9-3-6-13-7-4-9/h9-10H,2-8H2,1H3. The topological polar surface area (TPSA) is 55.4 Å². The van der Waals surface area contributed by atoms with Gasteiger partial charge in [-0.25, -0.2) is 8.42 Å². The lowest BCUT2D eigenvalue weighted by molar-refractivity contribution is 0.0781. The molecule has 1 aliphatic rings. The molecule has 0 radical (unpaired) electrons. The fraction of sp³-hybridized carbons (Fsp3) is 1.00. The highest BCUT2D eigenvalue weighted by atomic mass is 32.2. The molecule has 1 heterocycles. The fourth-order valence-corrected chi connectivity index (χ4v) is 2.21. The Morgan fingerprint density at radius 3 is 2.57 bits per heavy atom. The summed E-state index contributed by atoms with van der Waals surface area (Å²) >= 11 is 0. The highest BCUT2D eigenvalue weighted by Crippen LogP contribution is 2.05. The smallest absolute Gasteiger partial charge is 0.147 e. The van der Waals surface area contributed by atoms with Crippen LogP contribution in [0.15, 0.2) is 0 Å². The van der Waals surface area contributed by atoms with Crippen molar-refractivity contribution in [3.05, 3.63) is 0 Å². The number of hydrogen-bond acceptors (Lipinski definition) is 4. The van der Waals surface area contributed by atoms with Crippen LogP contribution in [0.1, 0.15) is 19.3 Å². The highest BCUT2D eigenvalue weighted by Gasteiger charge is 2.12. The second-order valence-corrected chi connectivity index (χ2v) is 6.08. The maximum atomic E-state index is 10.8. The quantitative estimate of drug-likeness (QED) is 0.673. The number of sulfone groups is 1. The average Bonchev–Trinajstić information content (AvgIpc) is 2.13. The molecular weight excluding hydrogens is 202 g/mol. The highest BCUT2D eigenvalue weighted by molar-refractivity contribution is 7.90. The van der Waals surface area contributed by atoms with E-state index in [1.165, 1.54) is 6.26 Å². The van der Waals surface area contributed by atoms with Gasteiger partial charge in [0.05, 0.1) is 5.75 Å². The zero-order valence-electron chi connectivity index (χ0n) is 8.66. The van der Waals surface area contributed by atoms with Crippen LogP contribution in [-0.4, -0.2) is 46.2 Å². The minimum atomic E-state index is -2.79. The van der Waals surface area contributed by atoms with Gasteiger partial charge in [-0.2, -0.15) is 0 Å². The third-order valence-electron chi connectivity index (χ3n) is 2.35. The van der Waals surface area contributed by atoms with Gasteiger partial charge < -0.3 is 10.1 Å². The van der Waals surface area contributed by atoms with Crippen LogP contribution in [-0.2, 0) is 14.6 Å². The molecule has 5 heteroatoms. The lowest BCUT2D eigenvalue weighted by Gasteiger charge is -2.23. The van der Waals surface area contributed by atoms with Crippen LogP contribution in [0, 0.1) is 0 Å². The molecule has 0 spiro atoms. The van der Waals surface area contributed by atoms with E-state index in [2.05, 4.69) is 5.32 Å². The van der Waals surface area contributed by atoms with E-state index < -0.39 is 9.84 Å². The zero-order chi connectivity index (χ0) is 10.4. The maximum absolute atomic E-state index is 10.8. The van der Waals surface area contributed by atoms with E-state index in [-0.39, 0.29) is 5.75 Å². The number of nitrogens with one attached hydrogen (secondary N) is 1. The Balaban J connectivity index is 2.03. The minimum absolute atomic E-state index is 0.281. The van der Waals surface area contributed by atoms with Gasteiger partial charge in [0, 0.05) is 25.5 Å². The monoisotopic (exact) mass is 221 g/mol. The lowest BCUT2D eigenvalue weighted by Crippen LogP contribution is -2.35. The fourth-order valence-electron chi connectivity index (χ4n) is 1.54. The van der Waals surface area contributed by atoms with Gasteiger partial charge in [0.25, 0.3) is 0 Å². The second kappa shape index (κ2) is 5.68. The number of hydrogen-bond donors (Lipinski definition) is 1. The minimum Gasteiger partial charge on any atom is -0.381 e. The first-order valence-electron chi connectivity index (χ1n) is 5.07. The molecule has 0 unspecified atom stereocenters. The van der Waals surface area contributed by atoms with Crippen LogP contribution in [0.2, 0.25) is 0 Å². The molecule has 0 atom stereocenters. The van der Waals surface area contributed by atoms with Crippen molar-refractivity contribution in [2.24, 2.45) is 0 Å². The van der Waals surface area contributed by atoms with Crippen LogP contribution in [0.25, 0.3) is 0 Å². The Labute approximate surface area is 85.9 Å². The van der Waals surface area contributed by atoms with Gasteiger partial charge in [-0.1, -0.05) is 0 Å². The van der Waals surface area contributed by atoms with E-state index in [1.807, 2.05) is 0 Å². The largest absolute Gasteiger partial charge is 0.381 e. The average molecular weight is 221 g/mol. The van der Waals surface area contributed by atoms with Gasteiger partial charge in [0.15, 0.2) is 0 Å². The van der Waals surface area contributed by atoms with Gasteiger partial charge >= 0.3 is 0 Å². The summed E-state index contributed by atoms with van der Waals surface area (Å²) in [5.41, 5.74) is 0. The second-order valence-electron chi connectivity index (χ2n) is 3.82. The van der Waals surface area contributed by atoms with Crippen LogP contribution >= 0.6 is 0 Å². The molecule has 1 fully saturated rings. The summed E-state index contributed by atoms with van der Waals surface area (Å²) in [6, 6.07) is 0.517. The Morgan fingerprint density at radius 1 is 1.36 bits per heavy atom. The van der Waals surface area contributed by atoms with Crippen molar-refractivity contribution in [3.8, 4) is 0 Å². The lowest BCUT2D eigenvalue weighted by atomic mass is 10.1. The first-order chi connectivity index (χ1) is 6.58. The molecule has 0 saturated carbocycles. The molecule has 1 N–H and O–H groups in total. The molecule has 1 rings (SSSR count). The van der Waals surface area contributed by atoms with Gasteiger partial charge in [-0.3, -0.25) is 0 Å². The summed E-state index contributed by atoms with van der Waals surface area (Å²) in [5.74, 6) is 0.281. The molecule has 1 aliphatic heterocycles. The summed E-state index contributed by atoms with van der Waals surface area (Å²) in [5, 5.41) is 3.35. The van der Waals surface area contributed by atoms with E-state index in [4.69, 9.17) is 4.74 Å². The van der Waals surface area contributed by atoms with Gasteiger partial charge in [-0.05, 0) is 25.8 Å². The Bertz CT molecular complexity index is 245. The zero-order valence-corrected chi connectivity index (χ0v) is 9.48. The van der Waals surface area contributed by atoms with Crippen molar-refractivity contribution in [1.82, 2.24) is 5.32 Å². The molecule has 4 nitrogen and oxygen atoms in total. The van der Waals surface area contributed by atoms with Crippen LogP contribution in [0.3, 0.4) is 0 Å². The molecule has 0 aromatic rings. The summed E-state index contributed by atoms with van der Waals surface area (Å²) in [4.78, 5) is 0. The van der Waals surface area contributed by atoms with Gasteiger partial charge in [-0.15, -0.1) is 0 Å². The van der Waals surface area contributed by atoms with Crippen LogP contribution < -0.4 is 5.32 Å². The molecule has 0 amide bonds. The summed E-state index contributed by atoms with van der Waals surface area (Å²) < 4.78 is 26.9. The number of rotatable bonds is 5. The Hall–Kier alpha value is -0.130. The van der Waals surface area contributed by atoms with Crippen molar-refractivity contribution in [3.63, 3.8) is 0 Å². The SMILES string of the molecule is CS(=O)(=O)CCCNC1CCOCC1. The third kappa shape index (κ3) is 5.57. The molecule has 84 valence electrons. The molecule has 0 bridgehead atoms. The van der Waals surface area contributed by atoms with E-state index in [0.717, 1.165) is 32.6 Å². The molecule has 0 aliphatic carbocycles. The van der Waals surface area contributed by atoms with E-state index in [1.54, 1.807) is 0 Å². The maximum Gasteiger partial charge on any atom is 0.147 e. The predicted octanol–water partition coefficient (Wildman–Crippen LogP) is 0.190. The summed E-state index contributed by atoms with van der Waals surface area (Å²) in [7, 11) is -2.79. The van der Waals surface area contributed by atoms with Crippen molar-refractivity contribution in [1.29, 1.82) is 0 Å². The van der Waals surface area contributed by atoms with E-state index in [9.17, 15) is 8.42 Å². The molecule has 0 aromatic carbocycles. The van der Waals surface area contributed by atoms with Crippen molar-refractivity contribution < 1.29 is 13.2 Å². The van der Waals surface area contributed by atoms with Crippen LogP contribution in [0.5, 0.6) is 0 Å². The van der Waals surface area contributed by atoms with Crippen molar-refractivity contribution in [2.45, 2.75) is 25.3 Å². The first-order valence-corrected chi connectivity index (χ1v) is 7.13. The van der Waals surface area contributed by atoms with Crippen molar-refractivity contribution in [2.75, 3.05) is 31.8 Å². The number of ether oxygens (including phenoxy) is 1. The molecule has 14 heavy (non-hydrogen) atoms. The van der Waals surface area contributed by atoms with Crippen molar-refractivity contribution >= 4 is 9.84 Å². The van der Waals surface area contributed by atoms with E-state index in [0.29, 0.717) is 12.5 Å². The normalized spacial score (nSPS) is 19.8. The Morgan fingerprint density at radius 2 is 2.00 bits per heavy atom. The summed E-state index contributed by atoms with van der Waals surface area (Å²) in [6.45, 7) is 2.44. The van der Waals surface area contributed by atoms with E-state index >= 15 is 0 Å². The molecule has 1 saturated heterocycles. The predicted molar refractivity (Wildman–Crippen MR) is 56.2 cm³/mol. The van der Waals surface area contributed by atoms with Gasteiger partial charge in [0.2, 0.25) is 0 Å². The van der Waals surface area contributed by atoms with Crippen LogP contribution in [0.4, 0.5) is 0 Å². The third-order valence-corrected chi connectivity index (χ3v) is 3.38. The molecular formula is C9H19NO3S.